The highest BCUT2D eigenvalue weighted by molar-refractivity contribution is 5.94. The maximum atomic E-state index is 12.7. The first-order valence-electron chi connectivity index (χ1n) is 12.2. The maximum absolute atomic E-state index is 12.7. The molecule has 1 aliphatic rings. The molecule has 0 unspecified atom stereocenters. The maximum Gasteiger partial charge on any atom is 0.343 e. The van der Waals surface area contributed by atoms with Gasteiger partial charge in [-0.05, 0) is 92.6 Å². The summed E-state index contributed by atoms with van der Waals surface area (Å²) in [5.41, 5.74) is 3.35. The number of carbonyl (C=O) groups excluding carboxylic acids is 3. The molecule has 0 saturated heterocycles. The van der Waals surface area contributed by atoms with Crippen LogP contribution < -0.4 is 9.47 Å². The van der Waals surface area contributed by atoms with E-state index in [4.69, 9.17) is 14.2 Å². The molecule has 6 nitrogen and oxygen atoms in total. The fourth-order valence-electron chi connectivity index (χ4n) is 3.72. The van der Waals surface area contributed by atoms with Gasteiger partial charge in [0, 0.05) is 12.5 Å². The van der Waals surface area contributed by atoms with Crippen LogP contribution in [0.3, 0.4) is 0 Å². The van der Waals surface area contributed by atoms with E-state index >= 15 is 0 Å². The molecule has 0 bridgehead atoms. The number of unbranched alkanes of at least 4 members (excludes halogenated alkanes) is 2. The fourth-order valence-corrected chi connectivity index (χ4v) is 3.72. The molecule has 0 aliphatic heterocycles. The van der Waals surface area contributed by atoms with Crippen LogP contribution in [0.15, 0.2) is 72.9 Å². The number of carbonyl (C=O) groups is 3. The van der Waals surface area contributed by atoms with Crippen LogP contribution in [0.4, 0.5) is 0 Å². The van der Waals surface area contributed by atoms with E-state index < -0.39 is 17.9 Å². The van der Waals surface area contributed by atoms with E-state index in [2.05, 4.69) is 18.4 Å². The largest absolute Gasteiger partial charge is 0.463 e. The van der Waals surface area contributed by atoms with Gasteiger partial charge in [-0.25, -0.2) is 14.4 Å². The molecule has 0 amide bonds. The van der Waals surface area contributed by atoms with Gasteiger partial charge in [-0.3, -0.25) is 0 Å². The second-order valence-electron chi connectivity index (χ2n) is 8.56. The van der Waals surface area contributed by atoms with Gasteiger partial charge in [-0.1, -0.05) is 36.6 Å². The number of ether oxygens (including phenoxy) is 3. The van der Waals surface area contributed by atoms with E-state index in [9.17, 15) is 14.4 Å². The Kier molecular flexibility index (Phi) is 10.0. The van der Waals surface area contributed by atoms with Crippen molar-refractivity contribution in [1.82, 2.24) is 0 Å². The van der Waals surface area contributed by atoms with Crippen molar-refractivity contribution in [2.45, 2.75) is 46.0 Å². The molecule has 0 heterocycles. The summed E-state index contributed by atoms with van der Waals surface area (Å²) in [4.78, 5) is 36.2. The van der Waals surface area contributed by atoms with Crippen LogP contribution in [0, 0.1) is 25.7 Å². The smallest absolute Gasteiger partial charge is 0.343 e. The van der Waals surface area contributed by atoms with Gasteiger partial charge in [0.25, 0.3) is 0 Å². The first-order valence-corrected chi connectivity index (χ1v) is 12.2. The molecule has 0 radical (unpaired) electrons. The van der Waals surface area contributed by atoms with Crippen LogP contribution in [0.25, 0.3) is 0 Å². The Labute approximate surface area is 217 Å². The number of hydrogen-bond donors (Lipinski definition) is 0. The molecular weight excluding hydrogens is 468 g/mol. The van der Waals surface area contributed by atoms with Crippen molar-refractivity contribution in [3.05, 3.63) is 95.1 Å². The second-order valence-corrected chi connectivity index (χ2v) is 8.56. The molecule has 3 rings (SSSR count). The lowest BCUT2D eigenvalue weighted by molar-refractivity contribution is -0.137. The van der Waals surface area contributed by atoms with E-state index in [0.29, 0.717) is 46.8 Å². The number of rotatable bonds is 11. The van der Waals surface area contributed by atoms with Crippen molar-refractivity contribution in [2.75, 3.05) is 6.61 Å². The van der Waals surface area contributed by atoms with Gasteiger partial charge in [0.05, 0.1) is 17.7 Å². The topological polar surface area (TPSA) is 78.9 Å². The summed E-state index contributed by atoms with van der Waals surface area (Å²) < 4.78 is 16.2. The Morgan fingerprint density at radius 2 is 1.70 bits per heavy atom. The monoisotopic (exact) mass is 498 g/mol. The van der Waals surface area contributed by atoms with Crippen LogP contribution in [-0.4, -0.2) is 24.5 Å². The van der Waals surface area contributed by atoms with Crippen molar-refractivity contribution < 1.29 is 28.6 Å². The highest BCUT2D eigenvalue weighted by atomic mass is 16.5. The molecule has 37 heavy (non-hydrogen) atoms. The average Bonchev–Trinajstić information content (AvgIpc) is 3.18. The van der Waals surface area contributed by atoms with E-state index in [1.807, 2.05) is 12.1 Å². The Morgan fingerprint density at radius 3 is 2.41 bits per heavy atom. The zero-order valence-corrected chi connectivity index (χ0v) is 21.2. The summed E-state index contributed by atoms with van der Waals surface area (Å²) in [5.74, 6) is 5.21. The van der Waals surface area contributed by atoms with Gasteiger partial charge in [0.1, 0.15) is 11.5 Å². The van der Waals surface area contributed by atoms with E-state index in [-0.39, 0.29) is 0 Å². The molecule has 2 aromatic carbocycles. The fraction of sp³-hybridized carbons (Fsp3) is 0.258. The van der Waals surface area contributed by atoms with Crippen molar-refractivity contribution in [1.29, 1.82) is 0 Å². The third-order valence-electron chi connectivity index (χ3n) is 5.66. The van der Waals surface area contributed by atoms with E-state index in [1.54, 1.807) is 56.3 Å². The summed E-state index contributed by atoms with van der Waals surface area (Å²) in [7, 11) is 0. The molecule has 0 N–H and O–H groups in total. The number of benzene rings is 2. The third kappa shape index (κ3) is 8.36. The number of hydrogen-bond acceptors (Lipinski definition) is 6. The van der Waals surface area contributed by atoms with Crippen LogP contribution in [0.1, 0.15) is 52.7 Å². The average molecular weight is 499 g/mol. The molecule has 0 atom stereocenters. The first kappa shape index (κ1) is 27.2. The first-order chi connectivity index (χ1) is 17.9. The van der Waals surface area contributed by atoms with Crippen molar-refractivity contribution >= 4 is 17.9 Å². The number of allylic oxidation sites excluding steroid dienone is 2. The predicted molar refractivity (Wildman–Crippen MR) is 141 cm³/mol. The molecule has 0 aromatic heterocycles. The Hall–Kier alpha value is -4.37. The van der Waals surface area contributed by atoms with Crippen LogP contribution in [0.2, 0.25) is 0 Å². The number of esters is 3. The summed E-state index contributed by atoms with van der Waals surface area (Å²) in [6, 6.07) is 10.7. The highest BCUT2D eigenvalue weighted by Crippen LogP contribution is 2.30. The molecule has 6 heteroatoms. The Balaban J connectivity index is 1.52. The van der Waals surface area contributed by atoms with Crippen LogP contribution >= 0.6 is 0 Å². The minimum Gasteiger partial charge on any atom is -0.463 e. The Bertz CT molecular complexity index is 1260. The molecule has 190 valence electrons. The summed E-state index contributed by atoms with van der Waals surface area (Å²) in [6.07, 6.45) is 10.2. The quantitative estimate of drug-likeness (QED) is 0.129. The van der Waals surface area contributed by atoms with Gasteiger partial charge in [-0.2, -0.15) is 0 Å². The SMILES string of the molecule is C=CC(=O)OCCCCCc1ccc(C(=O)Oc2cc(C)c(OC(=O)C3=CCC#CC=C3)c(C)c2)cc1. The molecule has 0 spiro atoms. The third-order valence-corrected chi connectivity index (χ3v) is 5.66. The van der Waals surface area contributed by atoms with Crippen molar-refractivity contribution in [2.24, 2.45) is 0 Å². The lowest BCUT2D eigenvalue weighted by Gasteiger charge is -2.13. The predicted octanol–water partition coefficient (Wildman–Crippen LogP) is 5.76. The molecular formula is C31H30O6. The van der Waals surface area contributed by atoms with Gasteiger partial charge in [0.2, 0.25) is 0 Å². The van der Waals surface area contributed by atoms with Crippen molar-refractivity contribution in [3.63, 3.8) is 0 Å². The van der Waals surface area contributed by atoms with E-state index in [0.717, 1.165) is 37.3 Å². The highest BCUT2D eigenvalue weighted by Gasteiger charge is 2.16. The van der Waals surface area contributed by atoms with Crippen molar-refractivity contribution in [3.8, 4) is 23.3 Å². The molecule has 0 fully saturated rings. The van der Waals surface area contributed by atoms with Gasteiger partial charge >= 0.3 is 17.9 Å². The lowest BCUT2D eigenvalue weighted by Crippen LogP contribution is -2.12. The van der Waals surface area contributed by atoms with E-state index in [1.165, 1.54) is 0 Å². The van der Waals surface area contributed by atoms with Crippen LogP contribution in [0.5, 0.6) is 11.5 Å². The lowest BCUT2D eigenvalue weighted by atomic mass is 10.1. The zero-order chi connectivity index (χ0) is 26.6. The second kappa shape index (κ2) is 13.6. The summed E-state index contributed by atoms with van der Waals surface area (Å²) in [5, 5.41) is 0. The number of aryl methyl sites for hydroxylation is 3. The molecule has 2 aromatic rings. The Morgan fingerprint density at radius 1 is 0.973 bits per heavy atom. The standard InChI is InChI=1S/C31H30O6/c1-4-28(32)35-19-11-7-8-12-24-15-17-26(18-16-24)30(33)36-27-20-22(2)29(23(3)21-27)37-31(34)25-13-9-5-6-10-14-25/h4,9,13-18,20-21H,1,7-8,10-12,19H2,2-3H3. The minimum atomic E-state index is -0.465. The normalized spacial score (nSPS) is 11.9. The summed E-state index contributed by atoms with van der Waals surface area (Å²) in [6.45, 7) is 7.35. The van der Waals surface area contributed by atoms with Gasteiger partial charge < -0.3 is 14.2 Å². The minimum absolute atomic E-state index is 0.378. The van der Waals surface area contributed by atoms with Crippen LogP contribution in [-0.2, 0) is 20.7 Å². The molecule has 1 aliphatic carbocycles. The molecule has 0 saturated carbocycles. The van der Waals surface area contributed by atoms with Gasteiger partial charge in [0.15, 0.2) is 0 Å². The van der Waals surface area contributed by atoms with Gasteiger partial charge in [-0.15, -0.1) is 0 Å². The zero-order valence-electron chi connectivity index (χ0n) is 21.2. The summed E-state index contributed by atoms with van der Waals surface area (Å²) >= 11 is 0.